The molecule has 8 heteroatoms. The number of carbonyl (C=O) groups is 2. The van der Waals surface area contributed by atoms with Gasteiger partial charge in [-0.05, 0) is 60.5 Å². The molecular formula is C24H21ClN2O5. The van der Waals surface area contributed by atoms with Crippen molar-refractivity contribution in [1.82, 2.24) is 5.43 Å². The third kappa shape index (κ3) is 6.33. The Morgan fingerprint density at radius 3 is 2.59 bits per heavy atom. The van der Waals surface area contributed by atoms with Crippen LogP contribution in [0.25, 0.3) is 0 Å². The Morgan fingerprint density at radius 2 is 1.84 bits per heavy atom. The van der Waals surface area contributed by atoms with Gasteiger partial charge in [-0.15, -0.1) is 0 Å². The van der Waals surface area contributed by atoms with E-state index in [1.165, 1.54) is 13.3 Å². The lowest BCUT2D eigenvalue weighted by molar-refractivity contribution is -0.123. The summed E-state index contributed by atoms with van der Waals surface area (Å²) in [4.78, 5) is 24.3. The highest BCUT2D eigenvalue weighted by molar-refractivity contribution is 6.33. The first-order valence-corrected chi connectivity index (χ1v) is 10.00. The van der Waals surface area contributed by atoms with E-state index in [1.54, 1.807) is 48.5 Å². The molecule has 0 fully saturated rings. The number of aryl methyl sites for hydroxylation is 1. The van der Waals surface area contributed by atoms with Crippen LogP contribution in [0.3, 0.4) is 0 Å². The summed E-state index contributed by atoms with van der Waals surface area (Å²) in [6.45, 7) is 1.77. The molecule has 3 rings (SSSR count). The van der Waals surface area contributed by atoms with E-state index in [-0.39, 0.29) is 17.9 Å². The third-order valence-electron chi connectivity index (χ3n) is 4.25. The van der Waals surface area contributed by atoms with Gasteiger partial charge >= 0.3 is 5.97 Å². The second-order valence-electron chi connectivity index (χ2n) is 6.68. The van der Waals surface area contributed by atoms with Gasteiger partial charge in [-0.25, -0.2) is 10.2 Å². The Hall–Kier alpha value is -3.84. The van der Waals surface area contributed by atoms with Gasteiger partial charge in [0.1, 0.15) is 5.75 Å². The van der Waals surface area contributed by atoms with Gasteiger partial charge in [-0.2, -0.15) is 5.10 Å². The highest BCUT2D eigenvalue weighted by atomic mass is 35.5. The molecule has 3 aromatic carbocycles. The van der Waals surface area contributed by atoms with Crippen LogP contribution in [0.4, 0.5) is 0 Å². The molecule has 0 aliphatic carbocycles. The Bertz CT molecular complexity index is 1150. The Labute approximate surface area is 190 Å². The van der Waals surface area contributed by atoms with Crippen LogP contribution >= 0.6 is 11.6 Å². The van der Waals surface area contributed by atoms with Gasteiger partial charge in [0.25, 0.3) is 5.91 Å². The molecule has 0 aliphatic heterocycles. The number of benzene rings is 3. The van der Waals surface area contributed by atoms with Crippen LogP contribution < -0.4 is 19.6 Å². The van der Waals surface area contributed by atoms with Crippen molar-refractivity contribution >= 4 is 29.7 Å². The number of nitrogens with zero attached hydrogens (tertiary/aromatic N) is 1. The van der Waals surface area contributed by atoms with E-state index in [0.717, 1.165) is 5.56 Å². The Balaban J connectivity index is 1.58. The molecule has 0 radical (unpaired) electrons. The first-order valence-electron chi connectivity index (χ1n) is 9.62. The summed E-state index contributed by atoms with van der Waals surface area (Å²) in [6.07, 6.45) is 1.44. The second-order valence-corrected chi connectivity index (χ2v) is 7.09. The van der Waals surface area contributed by atoms with Crippen molar-refractivity contribution in [1.29, 1.82) is 0 Å². The molecule has 0 bridgehead atoms. The number of carbonyl (C=O) groups excluding carboxylic acids is 2. The number of halogens is 1. The van der Waals surface area contributed by atoms with Crippen molar-refractivity contribution in [2.24, 2.45) is 5.10 Å². The number of hydrogen-bond acceptors (Lipinski definition) is 6. The van der Waals surface area contributed by atoms with Crippen molar-refractivity contribution < 1.29 is 23.8 Å². The highest BCUT2D eigenvalue weighted by Crippen LogP contribution is 2.29. The Morgan fingerprint density at radius 1 is 1.03 bits per heavy atom. The van der Waals surface area contributed by atoms with Crippen LogP contribution in [0.1, 0.15) is 21.5 Å². The molecule has 0 saturated carbocycles. The van der Waals surface area contributed by atoms with Crippen molar-refractivity contribution in [3.8, 4) is 17.2 Å². The van der Waals surface area contributed by atoms with Crippen LogP contribution in [0.15, 0.2) is 71.8 Å². The number of rotatable bonds is 8. The monoisotopic (exact) mass is 452 g/mol. The van der Waals surface area contributed by atoms with Gasteiger partial charge in [-0.1, -0.05) is 35.9 Å². The zero-order valence-corrected chi connectivity index (χ0v) is 18.3. The predicted molar refractivity (Wildman–Crippen MR) is 122 cm³/mol. The molecule has 0 atom stereocenters. The van der Waals surface area contributed by atoms with E-state index >= 15 is 0 Å². The number of methoxy groups -OCH3 is 1. The van der Waals surface area contributed by atoms with E-state index < -0.39 is 11.9 Å². The van der Waals surface area contributed by atoms with E-state index in [2.05, 4.69) is 10.5 Å². The normalized spacial score (nSPS) is 10.6. The van der Waals surface area contributed by atoms with Crippen molar-refractivity contribution in [3.05, 3.63) is 88.4 Å². The summed E-state index contributed by atoms with van der Waals surface area (Å²) in [5.41, 5.74) is 4.30. The largest absolute Gasteiger partial charge is 0.493 e. The SMILES string of the molecule is COc1cc(/C=N/NC(=O)COc2cccc(C)c2)ccc1OC(=O)c1ccccc1Cl. The van der Waals surface area contributed by atoms with Crippen molar-refractivity contribution in [2.45, 2.75) is 6.92 Å². The number of nitrogens with one attached hydrogen (secondary N) is 1. The molecule has 1 N–H and O–H groups in total. The van der Waals surface area contributed by atoms with Gasteiger partial charge < -0.3 is 14.2 Å². The maximum atomic E-state index is 12.4. The first kappa shape index (κ1) is 22.8. The predicted octanol–water partition coefficient (Wildman–Crippen LogP) is 4.41. The summed E-state index contributed by atoms with van der Waals surface area (Å²) >= 11 is 6.04. The van der Waals surface area contributed by atoms with Crippen molar-refractivity contribution in [2.75, 3.05) is 13.7 Å². The maximum Gasteiger partial charge on any atom is 0.345 e. The van der Waals surface area contributed by atoms with Crippen LogP contribution in [0.5, 0.6) is 17.2 Å². The van der Waals surface area contributed by atoms with Gasteiger partial charge in [-0.3, -0.25) is 4.79 Å². The minimum Gasteiger partial charge on any atom is -0.493 e. The number of ether oxygens (including phenoxy) is 3. The molecule has 0 spiro atoms. The van der Waals surface area contributed by atoms with Crippen molar-refractivity contribution in [3.63, 3.8) is 0 Å². The zero-order chi connectivity index (χ0) is 22.9. The van der Waals surface area contributed by atoms with E-state index in [0.29, 0.717) is 22.1 Å². The van der Waals surface area contributed by atoms with Gasteiger partial charge in [0, 0.05) is 0 Å². The quantitative estimate of drug-likeness (QED) is 0.237. The molecular weight excluding hydrogens is 432 g/mol. The topological polar surface area (TPSA) is 86.2 Å². The van der Waals surface area contributed by atoms with E-state index in [4.69, 9.17) is 25.8 Å². The summed E-state index contributed by atoms with van der Waals surface area (Å²) < 4.78 is 16.1. The molecule has 0 aliphatic rings. The maximum absolute atomic E-state index is 12.4. The average Bonchev–Trinajstić information content (AvgIpc) is 2.79. The number of esters is 1. The lowest BCUT2D eigenvalue weighted by atomic mass is 10.2. The molecule has 1 amide bonds. The van der Waals surface area contributed by atoms with E-state index in [1.807, 2.05) is 25.1 Å². The summed E-state index contributed by atoms with van der Waals surface area (Å²) in [7, 11) is 1.45. The summed E-state index contributed by atoms with van der Waals surface area (Å²) in [6, 6.07) is 18.8. The number of amides is 1. The standard InChI is InChI=1S/C24H21ClN2O5/c1-16-6-5-7-18(12-16)31-15-23(28)27-26-14-17-10-11-21(22(13-17)30-2)32-24(29)19-8-3-4-9-20(19)25/h3-14H,15H2,1-2H3,(H,27,28)/b26-14+. The fourth-order valence-corrected chi connectivity index (χ4v) is 2.91. The first-order chi connectivity index (χ1) is 15.5. The molecule has 0 unspecified atom stereocenters. The molecule has 0 saturated heterocycles. The van der Waals surface area contributed by atoms with E-state index in [9.17, 15) is 9.59 Å². The lowest BCUT2D eigenvalue weighted by Gasteiger charge is -2.10. The summed E-state index contributed by atoms with van der Waals surface area (Å²) in [5.74, 6) is 0.153. The molecule has 3 aromatic rings. The molecule has 0 heterocycles. The molecule has 164 valence electrons. The number of hydrogen-bond donors (Lipinski definition) is 1. The molecule has 7 nitrogen and oxygen atoms in total. The third-order valence-corrected chi connectivity index (χ3v) is 4.58. The lowest BCUT2D eigenvalue weighted by Crippen LogP contribution is -2.24. The molecule has 32 heavy (non-hydrogen) atoms. The average molecular weight is 453 g/mol. The summed E-state index contributed by atoms with van der Waals surface area (Å²) in [5, 5.41) is 4.21. The highest BCUT2D eigenvalue weighted by Gasteiger charge is 2.15. The van der Waals surface area contributed by atoms with Gasteiger partial charge in [0.05, 0.1) is 23.9 Å². The second kappa shape index (κ2) is 11.0. The fraction of sp³-hybridized carbons (Fsp3) is 0.125. The van der Waals surface area contributed by atoms with Crippen LogP contribution in [0, 0.1) is 6.92 Å². The van der Waals surface area contributed by atoms with Gasteiger partial charge in [0.15, 0.2) is 18.1 Å². The smallest absolute Gasteiger partial charge is 0.345 e. The fourth-order valence-electron chi connectivity index (χ4n) is 2.70. The Kier molecular flexibility index (Phi) is 7.83. The number of hydrazone groups is 1. The minimum absolute atomic E-state index is 0.166. The molecule has 0 aromatic heterocycles. The minimum atomic E-state index is -0.601. The van der Waals surface area contributed by atoms with Gasteiger partial charge in [0.2, 0.25) is 0 Å². The van der Waals surface area contributed by atoms with Crippen LogP contribution in [-0.2, 0) is 4.79 Å². The van der Waals surface area contributed by atoms with Crippen LogP contribution in [0.2, 0.25) is 5.02 Å². The van der Waals surface area contributed by atoms with Crippen LogP contribution in [-0.4, -0.2) is 31.8 Å². The zero-order valence-electron chi connectivity index (χ0n) is 17.5.